The van der Waals surface area contributed by atoms with Gasteiger partial charge in [-0.2, -0.15) is 23.0 Å². The first-order valence-electron chi connectivity index (χ1n) is 9.77. The van der Waals surface area contributed by atoms with Gasteiger partial charge in [0.1, 0.15) is 5.75 Å². The standard InChI is InChI=1S/C22H18F3N3O4/c1-12-8-13(10-15(9-12)32-2)20-16-4-3-5-17(16)21(29)27(26-20)19-11-14(28(30)31)6-7-18(19)22(23,24)25/h6-11H,3-5H2,1-2H3. The highest BCUT2D eigenvalue weighted by atomic mass is 19.4. The van der Waals surface area contributed by atoms with Crippen molar-refractivity contribution in [3.63, 3.8) is 0 Å². The maximum atomic E-state index is 13.7. The topological polar surface area (TPSA) is 87.3 Å². The number of alkyl halides is 3. The van der Waals surface area contributed by atoms with Gasteiger partial charge in [-0.05, 0) is 61.6 Å². The van der Waals surface area contributed by atoms with Gasteiger partial charge in [0.25, 0.3) is 11.2 Å². The van der Waals surface area contributed by atoms with Crippen LogP contribution in [0.1, 0.15) is 28.7 Å². The van der Waals surface area contributed by atoms with Crippen molar-refractivity contribution >= 4 is 5.69 Å². The first-order valence-corrected chi connectivity index (χ1v) is 9.77. The molecule has 0 spiro atoms. The number of hydrogen-bond acceptors (Lipinski definition) is 5. The molecular weight excluding hydrogens is 427 g/mol. The van der Waals surface area contributed by atoms with Crippen molar-refractivity contribution in [2.45, 2.75) is 32.4 Å². The van der Waals surface area contributed by atoms with Gasteiger partial charge in [-0.25, -0.2) is 0 Å². The lowest BCUT2D eigenvalue weighted by atomic mass is 10.0. The molecule has 4 rings (SSSR count). The summed E-state index contributed by atoms with van der Waals surface area (Å²) in [6.07, 6.45) is -3.22. The first-order chi connectivity index (χ1) is 15.1. The molecule has 0 unspecified atom stereocenters. The number of rotatable bonds is 4. The van der Waals surface area contributed by atoms with Gasteiger partial charge in [0.15, 0.2) is 0 Å². The molecule has 0 amide bonds. The van der Waals surface area contributed by atoms with E-state index in [2.05, 4.69) is 5.10 Å². The zero-order valence-corrected chi connectivity index (χ0v) is 17.2. The number of aryl methyl sites for hydroxylation is 1. The average molecular weight is 445 g/mol. The van der Waals surface area contributed by atoms with Crippen LogP contribution in [0.25, 0.3) is 16.9 Å². The van der Waals surface area contributed by atoms with Gasteiger partial charge in [-0.1, -0.05) is 0 Å². The molecule has 0 N–H and O–H groups in total. The lowest BCUT2D eigenvalue weighted by Gasteiger charge is -2.17. The number of aromatic nitrogens is 2. The van der Waals surface area contributed by atoms with Crippen LogP contribution in [0.4, 0.5) is 18.9 Å². The van der Waals surface area contributed by atoms with E-state index >= 15 is 0 Å². The summed E-state index contributed by atoms with van der Waals surface area (Å²) in [5, 5.41) is 15.5. The molecule has 0 saturated carbocycles. The van der Waals surface area contributed by atoms with Gasteiger partial charge in [0, 0.05) is 23.3 Å². The van der Waals surface area contributed by atoms with Crippen LogP contribution < -0.4 is 10.3 Å². The Balaban J connectivity index is 2.06. The van der Waals surface area contributed by atoms with E-state index in [9.17, 15) is 28.1 Å². The number of hydrogen-bond donors (Lipinski definition) is 0. The third kappa shape index (κ3) is 3.72. The van der Waals surface area contributed by atoms with Crippen LogP contribution in [-0.2, 0) is 19.0 Å². The fourth-order valence-corrected chi connectivity index (χ4v) is 4.02. The smallest absolute Gasteiger partial charge is 0.418 e. The van der Waals surface area contributed by atoms with Crippen molar-refractivity contribution in [2.75, 3.05) is 7.11 Å². The largest absolute Gasteiger partial charge is 0.497 e. The van der Waals surface area contributed by atoms with Crippen LogP contribution in [0.5, 0.6) is 5.75 Å². The molecule has 0 radical (unpaired) electrons. The maximum absolute atomic E-state index is 13.7. The predicted molar refractivity (Wildman–Crippen MR) is 110 cm³/mol. The summed E-state index contributed by atoms with van der Waals surface area (Å²) in [4.78, 5) is 23.5. The van der Waals surface area contributed by atoms with Crippen molar-refractivity contribution < 1.29 is 22.8 Å². The number of halogens is 3. The molecule has 1 heterocycles. The molecular formula is C22H18F3N3O4. The zero-order valence-electron chi connectivity index (χ0n) is 17.2. The van der Waals surface area contributed by atoms with E-state index in [1.165, 1.54) is 7.11 Å². The maximum Gasteiger partial charge on any atom is 0.418 e. The molecule has 3 aromatic rings. The summed E-state index contributed by atoms with van der Waals surface area (Å²) in [6.45, 7) is 1.84. The SMILES string of the molecule is COc1cc(C)cc(-c2nn(-c3cc([N+](=O)[O-])ccc3C(F)(F)F)c(=O)c3c2CCC3)c1. The Kier molecular flexibility index (Phi) is 5.23. The molecule has 2 aromatic carbocycles. The lowest BCUT2D eigenvalue weighted by molar-refractivity contribution is -0.384. The molecule has 166 valence electrons. The van der Waals surface area contributed by atoms with Crippen LogP contribution in [0.2, 0.25) is 0 Å². The van der Waals surface area contributed by atoms with Crippen molar-refractivity contribution in [1.82, 2.24) is 9.78 Å². The molecule has 1 aliphatic carbocycles. The number of methoxy groups -OCH3 is 1. The van der Waals surface area contributed by atoms with E-state index in [4.69, 9.17) is 4.74 Å². The second kappa shape index (κ2) is 7.77. The Morgan fingerprint density at radius 2 is 1.84 bits per heavy atom. The summed E-state index contributed by atoms with van der Waals surface area (Å²) in [5.74, 6) is 0.539. The minimum absolute atomic E-state index is 0.360. The molecule has 0 bridgehead atoms. The predicted octanol–water partition coefficient (Wildman–Crippen LogP) is 4.63. The third-order valence-corrected chi connectivity index (χ3v) is 5.44. The van der Waals surface area contributed by atoms with E-state index < -0.39 is 33.6 Å². The fourth-order valence-electron chi connectivity index (χ4n) is 4.02. The monoisotopic (exact) mass is 445 g/mol. The highest BCUT2D eigenvalue weighted by molar-refractivity contribution is 5.68. The molecule has 0 saturated heterocycles. The number of non-ortho nitro benzene ring substituents is 1. The van der Waals surface area contributed by atoms with Crippen molar-refractivity contribution in [3.05, 3.63) is 79.1 Å². The number of ether oxygens (including phenoxy) is 1. The second-order valence-corrected chi connectivity index (χ2v) is 7.57. The molecule has 10 heteroatoms. The van der Waals surface area contributed by atoms with Crippen molar-refractivity contribution in [1.29, 1.82) is 0 Å². The van der Waals surface area contributed by atoms with Crippen LogP contribution in [-0.4, -0.2) is 21.8 Å². The molecule has 0 atom stereocenters. The van der Waals surface area contributed by atoms with E-state index in [1.807, 2.05) is 6.92 Å². The normalized spacial score (nSPS) is 13.2. The Hall–Kier alpha value is -3.69. The molecule has 32 heavy (non-hydrogen) atoms. The summed E-state index contributed by atoms with van der Waals surface area (Å²) >= 11 is 0. The van der Waals surface area contributed by atoms with Gasteiger partial charge in [-0.3, -0.25) is 14.9 Å². The third-order valence-electron chi connectivity index (χ3n) is 5.44. The highest BCUT2D eigenvalue weighted by Crippen LogP contribution is 2.37. The van der Waals surface area contributed by atoms with Crippen molar-refractivity contribution in [3.8, 4) is 22.7 Å². The van der Waals surface area contributed by atoms with E-state index in [0.29, 0.717) is 58.1 Å². The molecule has 1 aliphatic rings. The molecule has 1 aromatic heterocycles. The molecule has 7 nitrogen and oxygen atoms in total. The fraction of sp³-hybridized carbons (Fsp3) is 0.273. The highest BCUT2D eigenvalue weighted by Gasteiger charge is 2.36. The van der Waals surface area contributed by atoms with Crippen LogP contribution >= 0.6 is 0 Å². The summed E-state index contributed by atoms with van der Waals surface area (Å²) in [6, 6.07) is 7.39. The van der Waals surface area contributed by atoms with Crippen LogP contribution in [0, 0.1) is 17.0 Å². The number of nitro groups is 1. The number of fused-ring (bicyclic) bond motifs is 1. The lowest BCUT2D eigenvalue weighted by Crippen LogP contribution is -2.28. The number of nitrogens with zero attached hydrogens (tertiary/aromatic N) is 3. The summed E-state index contributed by atoms with van der Waals surface area (Å²) in [7, 11) is 1.50. The minimum Gasteiger partial charge on any atom is -0.497 e. The van der Waals surface area contributed by atoms with Gasteiger partial charge in [0.05, 0.1) is 29.0 Å². The minimum atomic E-state index is -4.84. The van der Waals surface area contributed by atoms with Crippen molar-refractivity contribution in [2.24, 2.45) is 0 Å². The Morgan fingerprint density at radius 3 is 2.50 bits per heavy atom. The number of nitro benzene ring substituents is 1. The number of benzene rings is 2. The Morgan fingerprint density at radius 1 is 1.12 bits per heavy atom. The quantitative estimate of drug-likeness (QED) is 0.432. The average Bonchev–Trinajstić information content (AvgIpc) is 3.23. The van der Waals surface area contributed by atoms with Crippen LogP contribution in [0.3, 0.4) is 0 Å². The molecule has 0 fully saturated rings. The summed E-state index contributed by atoms with van der Waals surface area (Å²) in [5.41, 5.74) is -0.278. The zero-order chi connectivity index (χ0) is 23.2. The van der Waals surface area contributed by atoms with Gasteiger partial charge < -0.3 is 4.74 Å². The summed E-state index contributed by atoms with van der Waals surface area (Å²) < 4.78 is 47.1. The van der Waals surface area contributed by atoms with E-state index in [0.717, 1.165) is 17.7 Å². The second-order valence-electron chi connectivity index (χ2n) is 7.57. The van der Waals surface area contributed by atoms with Gasteiger partial charge in [-0.15, -0.1) is 0 Å². The van der Waals surface area contributed by atoms with Crippen LogP contribution in [0.15, 0.2) is 41.2 Å². The Bertz CT molecular complexity index is 1300. The van der Waals surface area contributed by atoms with E-state index in [-0.39, 0.29) is 0 Å². The van der Waals surface area contributed by atoms with Gasteiger partial charge >= 0.3 is 6.18 Å². The van der Waals surface area contributed by atoms with E-state index in [1.54, 1.807) is 18.2 Å². The molecule has 0 aliphatic heterocycles. The Labute approximate surface area is 180 Å². The first kappa shape index (κ1) is 21.5. The van der Waals surface area contributed by atoms with Gasteiger partial charge in [0.2, 0.25) is 0 Å².